The quantitative estimate of drug-likeness (QED) is 0.685. The van der Waals surface area contributed by atoms with Crippen molar-refractivity contribution in [2.75, 3.05) is 17.2 Å². The van der Waals surface area contributed by atoms with Gasteiger partial charge in [0.15, 0.2) is 5.65 Å². The first kappa shape index (κ1) is 15.0. The predicted molar refractivity (Wildman–Crippen MR) is 93.5 cm³/mol. The maximum Gasteiger partial charge on any atom is 0.226 e. The first-order valence-electron chi connectivity index (χ1n) is 7.52. The second-order valence-corrected chi connectivity index (χ2v) is 5.35. The van der Waals surface area contributed by atoms with Gasteiger partial charge in [-0.2, -0.15) is 15.1 Å². The Morgan fingerprint density at radius 3 is 2.83 bits per heavy atom. The minimum absolute atomic E-state index is 0.563. The number of fused-ring (bicyclic) bond motifs is 1. The Balaban J connectivity index is 1.92. The van der Waals surface area contributed by atoms with Gasteiger partial charge in [-0.15, -0.1) is 6.58 Å². The summed E-state index contributed by atoms with van der Waals surface area (Å²) in [6, 6.07) is 8.30. The van der Waals surface area contributed by atoms with Crippen LogP contribution in [0.25, 0.3) is 11.0 Å². The molecule has 0 fully saturated rings. The van der Waals surface area contributed by atoms with Gasteiger partial charge in [0.05, 0.1) is 11.6 Å². The summed E-state index contributed by atoms with van der Waals surface area (Å²) in [5, 5.41) is 11.7. The van der Waals surface area contributed by atoms with E-state index in [1.165, 1.54) is 11.1 Å². The minimum Gasteiger partial charge on any atom is -0.365 e. The van der Waals surface area contributed by atoms with E-state index in [1.807, 2.05) is 19.2 Å². The van der Waals surface area contributed by atoms with Crippen LogP contribution in [0.3, 0.4) is 0 Å². The van der Waals surface area contributed by atoms with Gasteiger partial charge >= 0.3 is 0 Å². The average Bonchev–Trinajstić information content (AvgIpc) is 2.93. The normalized spacial score (nSPS) is 10.7. The fourth-order valence-electron chi connectivity index (χ4n) is 2.39. The van der Waals surface area contributed by atoms with Gasteiger partial charge in [-0.25, -0.2) is 0 Å². The van der Waals surface area contributed by atoms with Crippen LogP contribution in [0, 0.1) is 6.92 Å². The van der Waals surface area contributed by atoms with E-state index in [0.29, 0.717) is 19.0 Å². The van der Waals surface area contributed by atoms with Gasteiger partial charge in [-0.3, -0.25) is 4.68 Å². The lowest BCUT2D eigenvalue weighted by molar-refractivity contribution is 0.785. The number of rotatable bonds is 6. The highest BCUT2D eigenvalue weighted by Crippen LogP contribution is 2.22. The molecule has 3 aromatic rings. The Labute approximate surface area is 135 Å². The van der Waals surface area contributed by atoms with Crippen molar-refractivity contribution < 1.29 is 0 Å². The van der Waals surface area contributed by atoms with Crippen molar-refractivity contribution >= 4 is 22.8 Å². The molecular weight excluding hydrogens is 288 g/mol. The summed E-state index contributed by atoms with van der Waals surface area (Å²) in [5.41, 5.74) is 3.28. The zero-order chi connectivity index (χ0) is 16.2. The Kier molecular flexibility index (Phi) is 4.23. The van der Waals surface area contributed by atoms with Crippen molar-refractivity contribution in [1.29, 1.82) is 0 Å². The summed E-state index contributed by atoms with van der Waals surface area (Å²) in [5.74, 6) is 1.34. The molecule has 2 aromatic heterocycles. The smallest absolute Gasteiger partial charge is 0.226 e. The van der Waals surface area contributed by atoms with Gasteiger partial charge in [-0.05, 0) is 18.1 Å². The third-order valence-electron chi connectivity index (χ3n) is 3.70. The monoisotopic (exact) mass is 308 g/mol. The van der Waals surface area contributed by atoms with Crippen LogP contribution in [0.5, 0.6) is 0 Å². The summed E-state index contributed by atoms with van der Waals surface area (Å²) < 4.78 is 1.75. The Hall–Kier alpha value is -2.89. The molecule has 0 saturated carbocycles. The van der Waals surface area contributed by atoms with Gasteiger partial charge in [0.1, 0.15) is 5.82 Å². The van der Waals surface area contributed by atoms with Crippen molar-refractivity contribution in [3.8, 4) is 0 Å². The molecule has 0 atom stereocenters. The van der Waals surface area contributed by atoms with E-state index >= 15 is 0 Å². The SMILES string of the molecule is C=CCNc1nc(NCc2ccccc2C)c2cnn(C)c2n1. The summed E-state index contributed by atoms with van der Waals surface area (Å²) in [6.45, 7) is 7.12. The number of aromatic nitrogens is 4. The standard InChI is InChI=1S/C17H20N6/c1-4-9-18-17-21-15(14-11-20-23(3)16(14)22-17)19-10-13-8-6-5-7-12(13)2/h4-8,11H,1,9-10H2,2-3H3,(H2,18,19,21,22). The van der Waals surface area contributed by atoms with Crippen LogP contribution < -0.4 is 10.6 Å². The average molecular weight is 308 g/mol. The van der Waals surface area contributed by atoms with E-state index in [9.17, 15) is 0 Å². The molecule has 118 valence electrons. The fraction of sp³-hybridized carbons (Fsp3) is 0.235. The molecule has 0 spiro atoms. The maximum absolute atomic E-state index is 4.56. The van der Waals surface area contributed by atoms with Crippen molar-refractivity contribution in [3.63, 3.8) is 0 Å². The van der Waals surface area contributed by atoms with Crippen molar-refractivity contribution in [1.82, 2.24) is 19.7 Å². The Morgan fingerprint density at radius 2 is 2.04 bits per heavy atom. The Bertz CT molecular complexity index is 836. The highest BCUT2D eigenvalue weighted by molar-refractivity contribution is 5.87. The van der Waals surface area contributed by atoms with Crippen LogP contribution in [0.2, 0.25) is 0 Å². The van der Waals surface area contributed by atoms with Crippen LogP contribution >= 0.6 is 0 Å². The zero-order valence-corrected chi connectivity index (χ0v) is 13.4. The van der Waals surface area contributed by atoms with E-state index < -0.39 is 0 Å². The molecule has 0 saturated heterocycles. The number of aryl methyl sites for hydroxylation is 2. The molecule has 0 amide bonds. The van der Waals surface area contributed by atoms with Gasteiger partial charge in [-0.1, -0.05) is 30.3 Å². The van der Waals surface area contributed by atoms with Crippen molar-refractivity contribution in [3.05, 3.63) is 54.2 Å². The molecule has 23 heavy (non-hydrogen) atoms. The van der Waals surface area contributed by atoms with Gasteiger partial charge in [0.25, 0.3) is 0 Å². The van der Waals surface area contributed by atoms with E-state index in [2.05, 4.69) is 51.3 Å². The molecule has 0 bridgehead atoms. The lowest BCUT2D eigenvalue weighted by atomic mass is 10.1. The molecule has 0 aliphatic carbocycles. The third-order valence-corrected chi connectivity index (χ3v) is 3.70. The van der Waals surface area contributed by atoms with Crippen LogP contribution in [0.4, 0.5) is 11.8 Å². The third kappa shape index (κ3) is 3.15. The lowest BCUT2D eigenvalue weighted by Crippen LogP contribution is -2.08. The molecule has 2 N–H and O–H groups in total. The summed E-state index contributed by atoms with van der Waals surface area (Å²) in [4.78, 5) is 9.06. The van der Waals surface area contributed by atoms with E-state index in [1.54, 1.807) is 17.0 Å². The molecule has 2 heterocycles. The molecule has 1 aromatic carbocycles. The van der Waals surface area contributed by atoms with Crippen LogP contribution in [0.1, 0.15) is 11.1 Å². The lowest BCUT2D eigenvalue weighted by Gasteiger charge is -2.11. The highest BCUT2D eigenvalue weighted by atomic mass is 15.3. The number of anilines is 2. The molecule has 3 rings (SSSR count). The second kappa shape index (κ2) is 6.48. The number of nitrogens with one attached hydrogen (secondary N) is 2. The molecular formula is C17H20N6. The molecule has 0 unspecified atom stereocenters. The van der Waals surface area contributed by atoms with E-state index in [4.69, 9.17) is 0 Å². The first-order valence-corrected chi connectivity index (χ1v) is 7.52. The van der Waals surface area contributed by atoms with Crippen LogP contribution in [-0.4, -0.2) is 26.3 Å². The van der Waals surface area contributed by atoms with Gasteiger partial charge < -0.3 is 10.6 Å². The fourth-order valence-corrected chi connectivity index (χ4v) is 2.39. The number of hydrogen-bond donors (Lipinski definition) is 2. The number of nitrogens with zero attached hydrogens (tertiary/aromatic N) is 4. The highest BCUT2D eigenvalue weighted by Gasteiger charge is 2.11. The molecule has 6 heteroatoms. The van der Waals surface area contributed by atoms with Crippen LogP contribution in [-0.2, 0) is 13.6 Å². The van der Waals surface area contributed by atoms with Crippen LogP contribution in [0.15, 0.2) is 43.1 Å². The molecule has 6 nitrogen and oxygen atoms in total. The largest absolute Gasteiger partial charge is 0.365 e. The molecule has 0 aliphatic rings. The number of benzene rings is 1. The van der Waals surface area contributed by atoms with Gasteiger partial charge in [0.2, 0.25) is 5.95 Å². The topological polar surface area (TPSA) is 67.7 Å². The predicted octanol–water partition coefficient (Wildman–Crippen LogP) is 2.88. The van der Waals surface area contributed by atoms with E-state index in [-0.39, 0.29) is 0 Å². The Morgan fingerprint density at radius 1 is 1.22 bits per heavy atom. The molecule has 0 aliphatic heterocycles. The zero-order valence-electron chi connectivity index (χ0n) is 13.4. The summed E-state index contributed by atoms with van der Waals surface area (Å²) in [6.07, 6.45) is 3.56. The number of hydrogen-bond acceptors (Lipinski definition) is 5. The second-order valence-electron chi connectivity index (χ2n) is 5.35. The van der Waals surface area contributed by atoms with Crippen molar-refractivity contribution in [2.24, 2.45) is 7.05 Å². The molecule has 0 radical (unpaired) electrons. The summed E-state index contributed by atoms with van der Waals surface area (Å²) in [7, 11) is 1.87. The first-order chi connectivity index (χ1) is 11.2. The minimum atomic E-state index is 0.563. The maximum atomic E-state index is 4.56. The van der Waals surface area contributed by atoms with Crippen molar-refractivity contribution in [2.45, 2.75) is 13.5 Å². The van der Waals surface area contributed by atoms with Gasteiger partial charge in [0, 0.05) is 20.1 Å². The summed E-state index contributed by atoms with van der Waals surface area (Å²) >= 11 is 0. The van der Waals surface area contributed by atoms with E-state index in [0.717, 1.165) is 16.9 Å².